The van der Waals surface area contributed by atoms with Gasteiger partial charge in [-0.3, -0.25) is 23.9 Å². The molecule has 4 rings (SSSR count). The number of ether oxygens (including phenoxy) is 1. The molecule has 0 radical (unpaired) electrons. The van der Waals surface area contributed by atoms with Crippen LogP contribution in [0.5, 0.6) is 0 Å². The third kappa shape index (κ3) is 3.47. The lowest BCUT2D eigenvalue weighted by Gasteiger charge is -2.09. The minimum absolute atomic E-state index is 0.204. The maximum atomic E-state index is 12.4. The van der Waals surface area contributed by atoms with Crippen LogP contribution in [-0.2, 0) is 35.5 Å². The maximum absolute atomic E-state index is 12.4. The number of fused-ring (bicyclic) bond motifs is 3. The highest BCUT2D eigenvalue weighted by molar-refractivity contribution is 7.18. The van der Waals surface area contributed by atoms with E-state index in [0.717, 1.165) is 41.9 Å². The first-order valence-corrected chi connectivity index (χ1v) is 9.32. The molecule has 0 aliphatic heterocycles. The molecule has 1 aliphatic carbocycles. The number of carbonyl (C=O) groups is 1. The minimum atomic E-state index is -0.698. The molecule has 0 aromatic carbocycles. The number of carbonyl (C=O) groups excluding carboxylic acids is 1. The van der Waals surface area contributed by atoms with E-state index in [9.17, 15) is 19.2 Å². The maximum Gasteiger partial charge on any atom is 0.328 e. The van der Waals surface area contributed by atoms with Crippen molar-refractivity contribution in [2.24, 2.45) is 0 Å². The van der Waals surface area contributed by atoms with Crippen LogP contribution in [0.4, 0.5) is 0 Å². The van der Waals surface area contributed by atoms with Gasteiger partial charge in [-0.1, -0.05) is 0 Å². The predicted molar refractivity (Wildman–Crippen MR) is 98.0 cm³/mol. The van der Waals surface area contributed by atoms with Gasteiger partial charge in [0.2, 0.25) is 0 Å². The van der Waals surface area contributed by atoms with E-state index in [4.69, 9.17) is 4.74 Å². The molecule has 3 heterocycles. The van der Waals surface area contributed by atoms with Crippen LogP contribution in [0.25, 0.3) is 10.2 Å². The molecule has 140 valence electrons. The third-order valence-electron chi connectivity index (χ3n) is 4.44. The van der Waals surface area contributed by atoms with E-state index >= 15 is 0 Å². The average molecular weight is 388 g/mol. The van der Waals surface area contributed by atoms with Gasteiger partial charge in [-0.15, -0.1) is 11.3 Å². The second kappa shape index (κ2) is 6.95. The van der Waals surface area contributed by atoms with Crippen molar-refractivity contribution in [2.75, 3.05) is 0 Å². The van der Waals surface area contributed by atoms with Crippen molar-refractivity contribution in [2.45, 2.75) is 38.8 Å². The molecular formula is C17H16N4O5S. The number of H-pyrrole nitrogens is 2. The van der Waals surface area contributed by atoms with Gasteiger partial charge in [-0.05, 0) is 31.2 Å². The zero-order chi connectivity index (χ0) is 19.0. The monoisotopic (exact) mass is 388 g/mol. The summed E-state index contributed by atoms with van der Waals surface area (Å²) in [5, 5.41) is 0.643. The number of aromatic amines is 2. The van der Waals surface area contributed by atoms with Crippen LogP contribution in [0.2, 0.25) is 0 Å². The fourth-order valence-electron chi connectivity index (χ4n) is 3.18. The Morgan fingerprint density at radius 3 is 2.85 bits per heavy atom. The number of nitrogens with zero attached hydrogens (tertiary/aromatic N) is 2. The summed E-state index contributed by atoms with van der Waals surface area (Å²) < 4.78 is 6.13. The minimum Gasteiger partial charge on any atom is -0.456 e. The first kappa shape index (κ1) is 17.4. The number of aryl methyl sites for hydroxylation is 2. The molecule has 1 aliphatic rings. The van der Waals surface area contributed by atoms with E-state index in [1.807, 2.05) is 0 Å². The fraction of sp³-hybridized carbons (Fsp3) is 0.353. The topological polar surface area (TPSA) is 127 Å². The van der Waals surface area contributed by atoms with Crippen LogP contribution in [-0.4, -0.2) is 25.5 Å². The smallest absolute Gasteiger partial charge is 0.328 e. The number of hydrogen-bond acceptors (Lipinski definition) is 7. The number of nitrogens with one attached hydrogen (secondary N) is 2. The second-order valence-electron chi connectivity index (χ2n) is 6.30. The molecule has 0 unspecified atom stereocenters. The molecule has 0 bridgehead atoms. The molecule has 2 N–H and O–H groups in total. The summed E-state index contributed by atoms with van der Waals surface area (Å²) in [5.74, 6) is -0.425. The van der Waals surface area contributed by atoms with Crippen LogP contribution >= 0.6 is 11.3 Å². The summed E-state index contributed by atoms with van der Waals surface area (Å²) in [5.41, 5.74) is -0.367. The molecular weight excluding hydrogens is 372 g/mol. The summed E-state index contributed by atoms with van der Waals surface area (Å²) in [4.78, 5) is 58.0. The SMILES string of the molecule is O=C(Cn1ccc(=O)[nH]c1=O)OCc1nc2sc3c(c2c(=O)[nH]1)CCCC3. The van der Waals surface area contributed by atoms with Crippen molar-refractivity contribution in [3.05, 3.63) is 59.7 Å². The lowest BCUT2D eigenvalue weighted by atomic mass is 9.97. The molecule has 0 spiro atoms. The molecule has 3 aromatic rings. The number of hydrogen-bond donors (Lipinski definition) is 2. The van der Waals surface area contributed by atoms with Gasteiger partial charge >= 0.3 is 11.7 Å². The number of esters is 1. The molecule has 0 fully saturated rings. The quantitative estimate of drug-likeness (QED) is 0.625. The molecule has 27 heavy (non-hydrogen) atoms. The van der Waals surface area contributed by atoms with Crippen molar-refractivity contribution in [3.8, 4) is 0 Å². The van der Waals surface area contributed by atoms with Gasteiger partial charge in [0.25, 0.3) is 11.1 Å². The first-order valence-electron chi connectivity index (χ1n) is 8.50. The van der Waals surface area contributed by atoms with Crippen molar-refractivity contribution >= 4 is 27.5 Å². The van der Waals surface area contributed by atoms with Crippen LogP contribution in [0.1, 0.15) is 29.1 Å². The number of aromatic nitrogens is 4. The first-order chi connectivity index (χ1) is 13.0. The highest BCUT2D eigenvalue weighted by Gasteiger charge is 2.20. The zero-order valence-electron chi connectivity index (χ0n) is 14.2. The van der Waals surface area contributed by atoms with E-state index in [2.05, 4.69) is 15.0 Å². The standard InChI is InChI=1S/C17H16N4O5S/c22-12-5-6-21(17(25)20-12)7-13(23)26-8-11-18-15(24)14-9-3-1-2-4-10(9)27-16(14)19-11/h5-6H,1-4,7-8H2,(H,18,19,24)(H,20,22,25). The average Bonchev–Trinajstić information content (AvgIpc) is 3.01. The zero-order valence-corrected chi connectivity index (χ0v) is 15.1. The van der Waals surface area contributed by atoms with Crippen molar-refractivity contribution in [3.63, 3.8) is 0 Å². The second-order valence-corrected chi connectivity index (χ2v) is 7.39. The molecule has 10 heteroatoms. The normalized spacial score (nSPS) is 13.5. The van der Waals surface area contributed by atoms with Crippen molar-refractivity contribution < 1.29 is 9.53 Å². The predicted octanol–water partition coefficient (Wildman–Crippen LogP) is 0.457. The molecule has 0 saturated carbocycles. The third-order valence-corrected chi connectivity index (χ3v) is 5.63. The Labute approximate surface area is 155 Å². The Hall–Kier alpha value is -3.01. The summed E-state index contributed by atoms with van der Waals surface area (Å²) in [6.07, 6.45) is 5.26. The van der Waals surface area contributed by atoms with Crippen LogP contribution in [0.15, 0.2) is 26.6 Å². The van der Waals surface area contributed by atoms with E-state index < -0.39 is 17.2 Å². The molecule has 0 atom stereocenters. The Morgan fingerprint density at radius 1 is 1.22 bits per heavy atom. The molecule has 3 aromatic heterocycles. The Kier molecular flexibility index (Phi) is 4.48. The summed E-state index contributed by atoms with van der Waals surface area (Å²) >= 11 is 1.52. The van der Waals surface area contributed by atoms with Crippen molar-refractivity contribution in [1.29, 1.82) is 0 Å². The Morgan fingerprint density at radius 2 is 2.04 bits per heavy atom. The molecule has 9 nitrogen and oxygen atoms in total. The summed E-state index contributed by atoms with van der Waals surface area (Å²) in [7, 11) is 0. The number of thiophene rings is 1. The van der Waals surface area contributed by atoms with Gasteiger partial charge in [-0.25, -0.2) is 9.78 Å². The molecule has 0 amide bonds. The summed E-state index contributed by atoms with van der Waals surface area (Å²) in [6.45, 7) is -0.555. The molecule has 0 saturated heterocycles. The van der Waals surface area contributed by atoms with E-state index in [1.165, 1.54) is 22.4 Å². The van der Waals surface area contributed by atoms with E-state index in [-0.39, 0.29) is 24.5 Å². The fourth-order valence-corrected chi connectivity index (χ4v) is 4.46. The number of rotatable bonds is 4. The van der Waals surface area contributed by atoms with Gasteiger partial charge in [-0.2, -0.15) is 0 Å². The summed E-state index contributed by atoms with van der Waals surface area (Å²) in [6, 6.07) is 1.14. The lowest BCUT2D eigenvalue weighted by Crippen LogP contribution is -2.31. The van der Waals surface area contributed by atoms with Crippen LogP contribution in [0.3, 0.4) is 0 Å². The lowest BCUT2D eigenvalue weighted by molar-refractivity contribution is -0.146. The Bertz CT molecular complexity index is 1200. The van der Waals surface area contributed by atoms with E-state index in [0.29, 0.717) is 10.2 Å². The largest absolute Gasteiger partial charge is 0.456 e. The van der Waals surface area contributed by atoms with Gasteiger partial charge < -0.3 is 9.72 Å². The van der Waals surface area contributed by atoms with Crippen LogP contribution < -0.4 is 16.8 Å². The van der Waals surface area contributed by atoms with E-state index in [1.54, 1.807) is 0 Å². The van der Waals surface area contributed by atoms with Gasteiger partial charge in [0.1, 0.15) is 23.8 Å². The van der Waals surface area contributed by atoms with Gasteiger partial charge in [0.15, 0.2) is 0 Å². The van der Waals surface area contributed by atoms with Crippen LogP contribution in [0, 0.1) is 0 Å². The van der Waals surface area contributed by atoms with Crippen molar-refractivity contribution in [1.82, 2.24) is 19.5 Å². The van der Waals surface area contributed by atoms with Gasteiger partial charge in [0, 0.05) is 17.1 Å². The highest BCUT2D eigenvalue weighted by Crippen LogP contribution is 2.33. The van der Waals surface area contributed by atoms with Gasteiger partial charge in [0.05, 0.1) is 5.39 Å². The Balaban J connectivity index is 1.50. The highest BCUT2D eigenvalue weighted by atomic mass is 32.1.